The number of furan rings is 1. The molecule has 1 aliphatic carbocycles. The smallest absolute Gasteiger partial charge is 0.257 e. The standard InChI is InChI=1S/C17H20N4O3/c22-14-8-20(16-7-15(12-1-2-12)18-11-19-16)4-5-21(9-14)17(23)13-3-6-24-10-13/h3,6-7,10-12,14,22H,1-2,4-5,8-9H2/t14-/m0/s1. The number of rotatable bonds is 3. The lowest BCUT2D eigenvalue weighted by Gasteiger charge is -2.22. The average Bonchev–Trinajstić information content (AvgIpc) is 3.35. The molecule has 1 amide bonds. The van der Waals surface area contributed by atoms with E-state index in [-0.39, 0.29) is 5.91 Å². The normalized spacial score (nSPS) is 21.6. The molecule has 126 valence electrons. The van der Waals surface area contributed by atoms with Gasteiger partial charge in [-0.05, 0) is 18.9 Å². The van der Waals surface area contributed by atoms with Gasteiger partial charge in [0.15, 0.2) is 0 Å². The van der Waals surface area contributed by atoms with Crippen molar-refractivity contribution >= 4 is 11.7 Å². The van der Waals surface area contributed by atoms with Crippen molar-refractivity contribution in [3.05, 3.63) is 42.2 Å². The first-order valence-electron chi connectivity index (χ1n) is 8.27. The summed E-state index contributed by atoms with van der Waals surface area (Å²) >= 11 is 0. The van der Waals surface area contributed by atoms with Crippen molar-refractivity contribution in [1.82, 2.24) is 14.9 Å². The minimum Gasteiger partial charge on any atom is -0.472 e. The molecule has 2 aliphatic rings. The summed E-state index contributed by atoms with van der Waals surface area (Å²) < 4.78 is 4.98. The summed E-state index contributed by atoms with van der Waals surface area (Å²) in [5.74, 6) is 1.26. The Balaban J connectivity index is 1.49. The molecule has 1 saturated heterocycles. The first-order valence-corrected chi connectivity index (χ1v) is 8.27. The molecule has 7 nitrogen and oxygen atoms in total. The van der Waals surface area contributed by atoms with E-state index in [0.717, 1.165) is 11.5 Å². The molecular formula is C17H20N4O3. The van der Waals surface area contributed by atoms with Crippen LogP contribution in [-0.4, -0.2) is 58.2 Å². The van der Waals surface area contributed by atoms with Gasteiger partial charge in [-0.3, -0.25) is 4.79 Å². The molecule has 2 aromatic heterocycles. The van der Waals surface area contributed by atoms with Gasteiger partial charge < -0.3 is 19.3 Å². The second-order valence-electron chi connectivity index (χ2n) is 6.44. The first kappa shape index (κ1) is 15.1. The SMILES string of the molecule is O=C(c1ccoc1)N1CCN(c2cc(C3CC3)ncn2)C[C@H](O)C1. The summed E-state index contributed by atoms with van der Waals surface area (Å²) in [4.78, 5) is 24.9. The van der Waals surface area contributed by atoms with Crippen molar-refractivity contribution in [3.63, 3.8) is 0 Å². The van der Waals surface area contributed by atoms with Crippen LogP contribution >= 0.6 is 0 Å². The highest BCUT2D eigenvalue weighted by molar-refractivity contribution is 5.93. The molecule has 1 N–H and O–H groups in total. The molecule has 2 fully saturated rings. The van der Waals surface area contributed by atoms with Crippen LogP contribution in [0.25, 0.3) is 0 Å². The average molecular weight is 328 g/mol. The Hall–Kier alpha value is -2.41. The molecular weight excluding hydrogens is 308 g/mol. The topological polar surface area (TPSA) is 82.7 Å². The number of nitrogens with zero attached hydrogens (tertiary/aromatic N) is 4. The number of β-amino-alcohol motifs (C(OH)–C–C–N with tert-alkyl or cyclic N) is 1. The van der Waals surface area contributed by atoms with Crippen LogP contribution in [0.1, 0.15) is 34.8 Å². The van der Waals surface area contributed by atoms with Crippen LogP contribution < -0.4 is 4.90 Å². The van der Waals surface area contributed by atoms with Crippen molar-refractivity contribution in [1.29, 1.82) is 0 Å². The van der Waals surface area contributed by atoms with E-state index in [0.29, 0.717) is 37.7 Å². The summed E-state index contributed by atoms with van der Waals surface area (Å²) in [7, 11) is 0. The summed E-state index contributed by atoms with van der Waals surface area (Å²) in [6.45, 7) is 1.92. The molecule has 0 aromatic carbocycles. The number of hydrogen-bond acceptors (Lipinski definition) is 6. The number of aromatic nitrogens is 2. The summed E-state index contributed by atoms with van der Waals surface area (Å²) in [6.07, 6.45) is 6.26. The molecule has 0 unspecified atom stereocenters. The molecule has 3 heterocycles. The van der Waals surface area contributed by atoms with Crippen molar-refractivity contribution in [3.8, 4) is 0 Å². The van der Waals surface area contributed by atoms with E-state index in [4.69, 9.17) is 4.42 Å². The zero-order chi connectivity index (χ0) is 16.5. The lowest BCUT2D eigenvalue weighted by atomic mass is 10.2. The highest BCUT2D eigenvalue weighted by atomic mass is 16.3. The van der Waals surface area contributed by atoms with Crippen molar-refractivity contribution in [2.45, 2.75) is 24.9 Å². The molecule has 1 saturated carbocycles. The van der Waals surface area contributed by atoms with Crippen LogP contribution in [0.3, 0.4) is 0 Å². The van der Waals surface area contributed by atoms with Crippen molar-refractivity contribution in [2.75, 3.05) is 31.1 Å². The Morgan fingerprint density at radius 3 is 2.88 bits per heavy atom. The van der Waals surface area contributed by atoms with Crippen molar-refractivity contribution in [2.24, 2.45) is 0 Å². The van der Waals surface area contributed by atoms with Gasteiger partial charge in [0.2, 0.25) is 0 Å². The molecule has 7 heteroatoms. The fraction of sp³-hybridized carbons (Fsp3) is 0.471. The minimum absolute atomic E-state index is 0.119. The van der Waals surface area contributed by atoms with Gasteiger partial charge in [-0.1, -0.05) is 0 Å². The van der Waals surface area contributed by atoms with E-state index in [9.17, 15) is 9.90 Å². The van der Waals surface area contributed by atoms with Crippen LogP contribution in [0.2, 0.25) is 0 Å². The van der Waals surface area contributed by atoms with E-state index < -0.39 is 6.10 Å². The Kier molecular flexibility index (Phi) is 3.93. The van der Waals surface area contributed by atoms with E-state index in [1.165, 1.54) is 25.4 Å². The van der Waals surface area contributed by atoms with Gasteiger partial charge in [0.05, 0.1) is 17.9 Å². The molecule has 0 spiro atoms. The number of carbonyl (C=O) groups excluding carboxylic acids is 1. The molecule has 0 bridgehead atoms. The molecule has 24 heavy (non-hydrogen) atoms. The zero-order valence-corrected chi connectivity index (χ0v) is 13.3. The summed E-state index contributed by atoms with van der Waals surface area (Å²) in [5, 5.41) is 10.3. The van der Waals surface area contributed by atoms with Crippen LogP contribution in [0.4, 0.5) is 5.82 Å². The van der Waals surface area contributed by atoms with Crippen LogP contribution in [0.5, 0.6) is 0 Å². The van der Waals surface area contributed by atoms with Gasteiger partial charge in [0.25, 0.3) is 5.91 Å². The zero-order valence-electron chi connectivity index (χ0n) is 13.3. The van der Waals surface area contributed by atoms with Crippen LogP contribution in [-0.2, 0) is 0 Å². The maximum Gasteiger partial charge on any atom is 0.257 e. The molecule has 4 rings (SSSR count). The third kappa shape index (κ3) is 3.12. The van der Waals surface area contributed by atoms with E-state index in [2.05, 4.69) is 9.97 Å². The highest BCUT2D eigenvalue weighted by Gasteiger charge is 2.28. The molecule has 1 aliphatic heterocycles. The molecule has 2 aromatic rings. The monoisotopic (exact) mass is 328 g/mol. The first-order chi connectivity index (χ1) is 11.7. The number of carbonyl (C=O) groups is 1. The maximum absolute atomic E-state index is 12.5. The Bertz CT molecular complexity index is 714. The number of aliphatic hydroxyl groups excluding tert-OH is 1. The third-order valence-electron chi connectivity index (χ3n) is 4.55. The predicted octanol–water partition coefficient (Wildman–Crippen LogP) is 1.27. The third-order valence-corrected chi connectivity index (χ3v) is 4.55. The van der Waals surface area contributed by atoms with Gasteiger partial charge in [0.1, 0.15) is 18.4 Å². The van der Waals surface area contributed by atoms with Crippen molar-refractivity contribution < 1.29 is 14.3 Å². The van der Waals surface area contributed by atoms with E-state index in [1.54, 1.807) is 17.3 Å². The summed E-state index contributed by atoms with van der Waals surface area (Å²) in [6, 6.07) is 3.65. The maximum atomic E-state index is 12.5. The van der Waals surface area contributed by atoms with Gasteiger partial charge >= 0.3 is 0 Å². The fourth-order valence-corrected chi connectivity index (χ4v) is 3.09. The number of amides is 1. The second-order valence-corrected chi connectivity index (χ2v) is 6.44. The van der Waals surface area contributed by atoms with Crippen LogP contribution in [0.15, 0.2) is 35.4 Å². The van der Waals surface area contributed by atoms with Gasteiger partial charge in [-0.25, -0.2) is 9.97 Å². The number of aliphatic hydroxyl groups is 1. The summed E-state index contributed by atoms with van der Waals surface area (Å²) in [5.41, 5.74) is 1.58. The van der Waals surface area contributed by atoms with Gasteiger partial charge in [-0.2, -0.15) is 0 Å². The Morgan fingerprint density at radius 2 is 2.12 bits per heavy atom. The second kappa shape index (κ2) is 6.24. The van der Waals surface area contributed by atoms with Gasteiger partial charge in [-0.15, -0.1) is 0 Å². The quantitative estimate of drug-likeness (QED) is 0.914. The highest BCUT2D eigenvalue weighted by Crippen LogP contribution is 2.39. The van der Waals surface area contributed by atoms with Gasteiger partial charge in [0, 0.05) is 43.9 Å². The van der Waals surface area contributed by atoms with Crippen LogP contribution in [0, 0.1) is 0 Å². The molecule has 0 radical (unpaired) electrons. The molecule has 1 atom stereocenters. The predicted molar refractivity (Wildman–Crippen MR) is 86.8 cm³/mol. The lowest BCUT2D eigenvalue weighted by Crippen LogP contribution is -2.37. The lowest BCUT2D eigenvalue weighted by molar-refractivity contribution is 0.0673. The fourth-order valence-electron chi connectivity index (χ4n) is 3.09. The van der Waals surface area contributed by atoms with E-state index in [1.807, 2.05) is 11.0 Å². The largest absolute Gasteiger partial charge is 0.472 e. The van der Waals surface area contributed by atoms with E-state index >= 15 is 0 Å². The number of hydrogen-bond donors (Lipinski definition) is 1. The Labute approximate surface area is 139 Å². The Morgan fingerprint density at radius 1 is 1.25 bits per heavy atom. The number of anilines is 1. The minimum atomic E-state index is -0.623.